The molecule has 2 atom stereocenters. The van der Waals surface area contributed by atoms with Gasteiger partial charge in [-0.15, -0.1) is 0 Å². The highest BCUT2D eigenvalue weighted by Crippen LogP contribution is 2.28. The highest BCUT2D eigenvalue weighted by molar-refractivity contribution is 5.94. The van der Waals surface area contributed by atoms with E-state index in [1.165, 1.54) is 13.8 Å². The van der Waals surface area contributed by atoms with E-state index in [1.54, 1.807) is 6.92 Å². The van der Waals surface area contributed by atoms with Gasteiger partial charge in [-0.3, -0.25) is 9.59 Å². The second-order valence-corrected chi connectivity index (χ2v) is 4.91. The fourth-order valence-electron chi connectivity index (χ4n) is 2.12. The largest absolute Gasteiger partial charge is 0.466 e. The van der Waals surface area contributed by atoms with Crippen LogP contribution in [0, 0.1) is 0 Å². The standard InChI is InChI=1S/C16H26O10/c1-5-22-12(19)10-16(26-11(4)18,15(21)24-7-3)13(25-9-8-17)14(20)23-6-2/h13,17H,5-10H2,1-4H3. The van der Waals surface area contributed by atoms with E-state index < -0.39 is 48.6 Å². The summed E-state index contributed by atoms with van der Waals surface area (Å²) < 4.78 is 24.9. The van der Waals surface area contributed by atoms with Crippen molar-refractivity contribution in [3.63, 3.8) is 0 Å². The van der Waals surface area contributed by atoms with E-state index in [0.29, 0.717) is 0 Å². The number of aliphatic hydroxyl groups excluding tert-OH is 1. The first-order valence-electron chi connectivity index (χ1n) is 8.20. The van der Waals surface area contributed by atoms with E-state index >= 15 is 0 Å². The highest BCUT2D eigenvalue weighted by Gasteiger charge is 2.57. The van der Waals surface area contributed by atoms with Gasteiger partial charge >= 0.3 is 23.9 Å². The number of hydrogen-bond acceptors (Lipinski definition) is 10. The summed E-state index contributed by atoms with van der Waals surface area (Å²) in [5.74, 6) is -4.09. The van der Waals surface area contributed by atoms with Crippen molar-refractivity contribution in [1.82, 2.24) is 0 Å². The Hall–Kier alpha value is -2.20. The fourth-order valence-corrected chi connectivity index (χ4v) is 2.12. The van der Waals surface area contributed by atoms with Crippen LogP contribution in [0.4, 0.5) is 0 Å². The quantitative estimate of drug-likeness (QED) is 0.357. The zero-order chi connectivity index (χ0) is 20.2. The van der Waals surface area contributed by atoms with Crippen LogP contribution in [0.5, 0.6) is 0 Å². The van der Waals surface area contributed by atoms with Gasteiger partial charge in [-0.25, -0.2) is 9.59 Å². The number of esters is 4. The van der Waals surface area contributed by atoms with Crippen molar-refractivity contribution in [2.45, 2.75) is 45.8 Å². The van der Waals surface area contributed by atoms with Crippen molar-refractivity contribution in [2.24, 2.45) is 0 Å². The predicted molar refractivity (Wildman–Crippen MR) is 85.8 cm³/mol. The normalized spacial score (nSPS) is 13.9. The van der Waals surface area contributed by atoms with E-state index in [0.717, 1.165) is 6.92 Å². The van der Waals surface area contributed by atoms with Gasteiger partial charge in [0.2, 0.25) is 6.10 Å². The van der Waals surface area contributed by atoms with Gasteiger partial charge in [0.25, 0.3) is 5.60 Å². The lowest BCUT2D eigenvalue weighted by atomic mass is 9.91. The third-order valence-electron chi connectivity index (χ3n) is 2.96. The second kappa shape index (κ2) is 12.2. The highest BCUT2D eigenvalue weighted by atomic mass is 16.6. The van der Waals surface area contributed by atoms with Crippen molar-refractivity contribution in [3.05, 3.63) is 0 Å². The molecule has 10 heteroatoms. The van der Waals surface area contributed by atoms with Gasteiger partial charge in [-0.2, -0.15) is 0 Å². The van der Waals surface area contributed by atoms with Crippen LogP contribution in [0.1, 0.15) is 34.1 Å². The first-order valence-corrected chi connectivity index (χ1v) is 8.20. The van der Waals surface area contributed by atoms with E-state index in [4.69, 9.17) is 28.8 Å². The lowest BCUT2D eigenvalue weighted by molar-refractivity contribution is -0.212. The predicted octanol–water partition coefficient (Wildman–Crippen LogP) is -0.255. The van der Waals surface area contributed by atoms with Crippen LogP contribution in [0.25, 0.3) is 0 Å². The minimum absolute atomic E-state index is 0.000615. The van der Waals surface area contributed by atoms with Crippen LogP contribution >= 0.6 is 0 Å². The van der Waals surface area contributed by atoms with Gasteiger partial charge in [-0.1, -0.05) is 0 Å². The summed E-state index contributed by atoms with van der Waals surface area (Å²) >= 11 is 0. The van der Waals surface area contributed by atoms with Crippen LogP contribution in [0.15, 0.2) is 0 Å². The lowest BCUT2D eigenvalue weighted by Gasteiger charge is -2.35. The molecule has 0 rings (SSSR count). The van der Waals surface area contributed by atoms with Crippen LogP contribution in [-0.4, -0.2) is 73.7 Å². The van der Waals surface area contributed by atoms with Crippen LogP contribution in [0.3, 0.4) is 0 Å². The van der Waals surface area contributed by atoms with E-state index in [9.17, 15) is 19.2 Å². The summed E-state index contributed by atoms with van der Waals surface area (Å²) in [5, 5.41) is 8.99. The van der Waals surface area contributed by atoms with Gasteiger partial charge < -0.3 is 28.8 Å². The Labute approximate surface area is 151 Å². The van der Waals surface area contributed by atoms with Crippen molar-refractivity contribution >= 4 is 23.9 Å². The Balaban J connectivity index is 6.16. The van der Waals surface area contributed by atoms with E-state index in [2.05, 4.69) is 0 Å². The van der Waals surface area contributed by atoms with Gasteiger partial charge in [0.1, 0.15) is 0 Å². The second-order valence-electron chi connectivity index (χ2n) is 4.91. The molecule has 0 radical (unpaired) electrons. The average molecular weight is 378 g/mol. The number of hydrogen-bond donors (Lipinski definition) is 1. The number of ether oxygens (including phenoxy) is 5. The Morgan fingerprint density at radius 2 is 1.54 bits per heavy atom. The monoisotopic (exact) mass is 378 g/mol. The molecule has 0 aromatic rings. The molecule has 10 nitrogen and oxygen atoms in total. The van der Waals surface area contributed by atoms with Crippen molar-refractivity contribution < 1.29 is 48.0 Å². The summed E-state index contributed by atoms with van der Waals surface area (Å²) in [7, 11) is 0. The number of aliphatic hydroxyl groups is 1. The summed E-state index contributed by atoms with van der Waals surface area (Å²) in [6.45, 7) is 4.51. The molecule has 2 unspecified atom stereocenters. The zero-order valence-corrected chi connectivity index (χ0v) is 15.4. The molecule has 0 aromatic carbocycles. The fraction of sp³-hybridized carbons (Fsp3) is 0.750. The minimum Gasteiger partial charge on any atom is -0.466 e. The molecular weight excluding hydrogens is 352 g/mol. The third-order valence-corrected chi connectivity index (χ3v) is 2.96. The third kappa shape index (κ3) is 6.96. The maximum absolute atomic E-state index is 12.6. The molecule has 0 aliphatic carbocycles. The van der Waals surface area contributed by atoms with E-state index in [-0.39, 0.29) is 26.4 Å². The molecule has 0 aliphatic heterocycles. The average Bonchev–Trinajstić information content (AvgIpc) is 2.55. The van der Waals surface area contributed by atoms with Crippen molar-refractivity contribution in [1.29, 1.82) is 0 Å². The smallest absolute Gasteiger partial charge is 0.354 e. The lowest BCUT2D eigenvalue weighted by Crippen LogP contribution is -2.59. The van der Waals surface area contributed by atoms with Gasteiger partial charge in [0, 0.05) is 6.92 Å². The van der Waals surface area contributed by atoms with Crippen LogP contribution < -0.4 is 0 Å². The van der Waals surface area contributed by atoms with Gasteiger partial charge in [-0.05, 0) is 20.8 Å². The molecule has 0 saturated heterocycles. The molecule has 0 spiro atoms. The Morgan fingerprint density at radius 3 is 2.00 bits per heavy atom. The molecule has 0 aromatic heterocycles. The molecular formula is C16H26O10. The molecule has 1 N–H and O–H groups in total. The van der Waals surface area contributed by atoms with Crippen molar-refractivity contribution in [3.8, 4) is 0 Å². The summed E-state index contributed by atoms with van der Waals surface area (Å²) in [6.07, 6.45) is -2.66. The van der Waals surface area contributed by atoms with Crippen LogP contribution in [-0.2, 0) is 42.9 Å². The molecule has 150 valence electrons. The summed E-state index contributed by atoms with van der Waals surface area (Å²) in [4.78, 5) is 48.6. The van der Waals surface area contributed by atoms with E-state index in [1.807, 2.05) is 0 Å². The molecule has 0 saturated carbocycles. The first kappa shape index (κ1) is 23.8. The molecule has 0 aliphatic rings. The SMILES string of the molecule is CCOC(=O)CC(OC(C)=O)(C(=O)OCC)C(OCCO)C(=O)OCC. The maximum Gasteiger partial charge on any atom is 0.354 e. The Morgan fingerprint density at radius 1 is 0.962 bits per heavy atom. The number of rotatable bonds is 12. The molecule has 0 amide bonds. The van der Waals surface area contributed by atoms with Crippen LogP contribution in [0.2, 0.25) is 0 Å². The molecule has 0 fully saturated rings. The number of carbonyl (C=O) groups is 4. The minimum atomic E-state index is -2.45. The molecule has 26 heavy (non-hydrogen) atoms. The Kier molecular flexibility index (Phi) is 11.2. The number of carbonyl (C=O) groups excluding carboxylic acids is 4. The Bertz CT molecular complexity index is 489. The zero-order valence-electron chi connectivity index (χ0n) is 15.4. The topological polar surface area (TPSA) is 135 Å². The summed E-state index contributed by atoms with van der Waals surface area (Å²) in [6, 6.07) is 0. The molecule has 0 heterocycles. The first-order chi connectivity index (χ1) is 12.3. The summed E-state index contributed by atoms with van der Waals surface area (Å²) in [5.41, 5.74) is -2.45. The van der Waals surface area contributed by atoms with Gasteiger partial charge in [0.15, 0.2) is 0 Å². The maximum atomic E-state index is 12.6. The van der Waals surface area contributed by atoms with Gasteiger partial charge in [0.05, 0.1) is 39.5 Å². The van der Waals surface area contributed by atoms with Crippen molar-refractivity contribution in [2.75, 3.05) is 33.0 Å². The molecule has 0 bridgehead atoms.